The number of nitrogen functional groups attached to an aromatic ring is 1. The van der Waals surface area contributed by atoms with Gasteiger partial charge in [0.05, 0.1) is 11.4 Å². The summed E-state index contributed by atoms with van der Waals surface area (Å²) in [5.41, 5.74) is 7.68. The molecule has 0 aromatic heterocycles. The number of rotatable bonds is 4. The molecule has 0 atom stereocenters. The number of amides is 1. The molecule has 0 saturated heterocycles. The largest absolute Gasteiger partial charge is 0.443 e. The number of nitrogens with one attached hydrogen (secondary N) is 1. The standard InChI is InChI=1S/C15H25N3O2/c1-6-9-17-13-8-7-11(10-12(13)16)18(5)14(19)20-15(2,3)4/h7-8,10,17H,6,9,16H2,1-5H3. The van der Waals surface area contributed by atoms with Crippen LogP contribution in [0.3, 0.4) is 0 Å². The summed E-state index contributed by atoms with van der Waals surface area (Å²) in [6.45, 7) is 8.47. The van der Waals surface area contributed by atoms with Crippen LogP contribution in [0.4, 0.5) is 21.9 Å². The number of anilines is 3. The lowest BCUT2D eigenvalue weighted by Crippen LogP contribution is -2.34. The van der Waals surface area contributed by atoms with Crippen molar-refractivity contribution in [3.63, 3.8) is 0 Å². The molecule has 0 aliphatic carbocycles. The van der Waals surface area contributed by atoms with Gasteiger partial charge in [-0.15, -0.1) is 0 Å². The Morgan fingerprint density at radius 1 is 1.40 bits per heavy atom. The van der Waals surface area contributed by atoms with E-state index >= 15 is 0 Å². The van der Waals surface area contributed by atoms with Gasteiger partial charge < -0.3 is 15.8 Å². The van der Waals surface area contributed by atoms with Crippen LogP contribution in [0, 0.1) is 0 Å². The molecule has 112 valence electrons. The van der Waals surface area contributed by atoms with Crippen LogP contribution in [-0.4, -0.2) is 25.3 Å². The molecular weight excluding hydrogens is 254 g/mol. The first-order chi connectivity index (χ1) is 9.24. The van der Waals surface area contributed by atoms with E-state index in [1.165, 1.54) is 4.90 Å². The van der Waals surface area contributed by atoms with Crippen LogP contribution in [-0.2, 0) is 4.74 Å². The van der Waals surface area contributed by atoms with Crippen LogP contribution in [0.5, 0.6) is 0 Å². The highest BCUT2D eigenvalue weighted by Crippen LogP contribution is 2.25. The zero-order valence-electron chi connectivity index (χ0n) is 13.0. The monoisotopic (exact) mass is 279 g/mol. The maximum Gasteiger partial charge on any atom is 0.414 e. The number of carbonyl (C=O) groups is 1. The first kappa shape index (κ1) is 16.1. The number of hydrogen-bond donors (Lipinski definition) is 2. The summed E-state index contributed by atoms with van der Waals surface area (Å²) in [7, 11) is 1.67. The predicted octanol–water partition coefficient (Wildman–Crippen LogP) is 3.46. The SMILES string of the molecule is CCCNc1ccc(N(C)C(=O)OC(C)(C)C)cc1N. The smallest absolute Gasteiger partial charge is 0.414 e. The fraction of sp³-hybridized carbons (Fsp3) is 0.533. The molecule has 5 heteroatoms. The summed E-state index contributed by atoms with van der Waals surface area (Å²) in [5, 5.41) is 3.24. The predicted molar refractivity (Wildman–Crippen MR) is 84.3 cm³/mol. The van der Waals surface area contributed by atoms with E-state index in [0.29, 0.717) is 11.4 Å². The molecule has 5 nitrogen and oxygen atoms in total. The third kappa shape index (κ3) is 4.64. The lowest BCUT2D eigenvalue weighted by atomic mass is 10.2. The van der Waals surface area contributed by atoms with E-state index in [1.54, 1.807) is 13.1 Å². The highest BCUT2D eigenvalue weighted by Gasteiger charge is 2.20. The third-order valence-electron chi connectivity index (χ3n) is 2.66. The molecule has 0 radical (unpaired) electrons. The number of nitrogens with zero attached hydrogens (tertiary/aromatic N) is 1. The minimum Gasteiger partial charge on any atom is -0.443 e. The topological polar surface area (TPSA) is 67.6 Å². The minimum absolute atomic E-state index is 0.397. The van der Waals surface area contributed by atoms with Crippen LogP contribution >= 0.6 is 0 Å². The second kappa shape index (κ2) is 6.50. The van der Waals surface area contributed by atoms with E-state index in [2.05, 4.69) is 12.2 Å². The van der Waals surface area contributed by atoms with Crippen molar-refractivity contribution in [2.24, 2.45) is 0 Å². The minimum atomic E-state index is -0.514. The number of hydrogen-bond acceptors (Lipinski definition) is 4. The van der Waals surface area contributed by atoms with Gasteiger partial charge in [-0.05, 0) is 45.4 Å². The maximum atomic E-state index is 12.0. The second-order valence-electron chi connectivity index (χ2n) is 5.74. The quantitative estimate of drug-likeness (QED) is 0.828. The van der Waals surface area contributed by atoms with E-state index < -0.39 is 11.7 Å². The van der Waals surface area contributed by atoms with Gasteiger partial charge in [-0.2, -0.15) is 0 Å². The van der Waals surface area contributed by atoms with Gasteiger partial charge in [-0.1, -0.05) is 6.92 Å². The zero-order valence-corrected chi connectivity index (χ0v) is 13.0. The number of nitrogens with two attached hydrogens (primary N) is 1. The fourth-order valence-corrected chi connectivity index (χ4v) is 1.62. The molecule has 0 aliphatic rings. The van der Waals surface area contributed by atoms with Gasteiger partial charge in [0, 0.05) is 19.3 Å². The Balaban J connectivity index is 2.81. The Bertz CT molecular complexity index is 467. The van der Waals surface area contributed by atoms with Crippen LogP contribution in [0.15, 0.2) is 18.2 Å². The van der Waals surface area contributed by atoms with E-state index in [9.17, 15) is 4.79 Å². The molecule has 1 rings (SSSR count). The van der Waals surface area contributed by atoms with Crippen LogP contribution in [0.25, 0.3) is 0 Å². The van der Waals surface area contributed by atoms with Crippen LogP contribution in [0.1, 0.15) is 34.1 Å². The van der Waals surface area contributed by atoms with Crippen molar-refractivity contribution in [3.8, 4) is 0 Å². The summed E-state index contributed by atoms with van der Waals surface area (Å²) in [6.07, 6.45) is 0.630. The lowest BCUT2D eigenvalue weighted by Gasteiger charge is -2.25. The Morgan fingerprint density at radius 3 is 2.55 bits per heavy atom. The Morgan fingerprint density at radius 2 is 2.05 bits per heavy atom. The fourth-order valence-electron chi connectivity index (χ4n) is 1.62. The first-order valence-corrected chi connectivity index (χ1v) is 6.84. The van der Waals surface area contributed by atoms with Crippen molar-refractivity contribution in [1.29, 1.82) is 0 Å². The van der Waals surface area contributed by atoms with Gasteiger partial charge in [0.1, 0.15) is 5.60 Å². The molecule has 1 aromatic rings. The molecule has 0 spiro atoms. The molecule has 3 N–H and O–H groups in total. The van der Waals surface area contributed by atoms with E-state index in [1.807, 2.05) is 32.9 Å². The average Bonchev–Trinajstić information content (AvgIpc) is 2.34. The van der Waals surface area contributed by atoms with Gasteiger partial charge in [0.2, 0.25) is 0 Å². The molecular formula is C15H25N3O2. The molecule has 0 unspecified atom stereocenters. The van der Waals surface area contributed by atoms with Crippen molar-refractivity contribution >= 4 is 23.2 Å². The summed E-state index contributed by atoms with van der Waals surface area (Å²) in [5.74, 6) is 0. The molecule has 0 bridgehead atoms. The number of benzene rings is 1. The Kier molecular flexibility index (Phi) is 5.25. The third-order valence-corrected chi connectivity index (χ3v) is 2.66. The molecule has 0 heterocycles. The van der Waals surface area contributed by atoms with Gasteiger partial charge in [-0.25, -0.2) is 4.79 Å². The van der Waals surface area contributed by atoms with Gasteiger partial charge in [0.25, 0.3) is 0 Å². The summed E-state index contributed by atoms with van der Waals surface area (Å²) in [4.78, 5) is 13.4. The van der Waals surface area contributed by atoms with Crippen molar-refractivity contribution in [3.05, 3.63) is 18.2 Å². The molecule has 0 saturated carbocycles. The van der Waals surface area contributed by atoms with Gasteiger partial charge >= 0.3 is 6.09 Å². The summed E-state index contributed by atoms with van der Waals surface area (Å²) >= 11 is 0. The zero-order chi connectivity index (χ0) is 15.3. The maximum absolute atomic E-state index is 12.0. The average molecular weight is 279 g/mol. The molecule has 1 amide bonds. The van der Waals surface area contributed by atoms with Crippen LogP contribution < -0.4 is 16.0 Å². The first-order valence-electron chi connectivity index (χ1n) is 6.84. The van der Waals surface area contributed by atoms with Crippen molar-refractivity contribution in [2.75, 3.05) is 29.5 Å². The highest BCUT2D eigenvalue weighted by atomic mass is 16.6. The van der Waals surface area contributed by atoms with E-state index in [0.717, 1.165) is 18.7 Å². The molecule has 1 aromatic carbocycles. The van der Waals surface area contributed by atoms with E-state index in [-0.39, 0.29) is 0 Å². The van der Waals surface area contributed by atoms with Gasteiger partial charge in [0.15, 0.2) is 0 Å². The summed E-state index contributed by atoms with van der Waals surface area (Å²) < 4.78 is 5.32. The summed E-state index contributed by atoms with van der Waals surface area (Å²) in [6, 6.07) is 5.49. The van der Waals surface area contributed by atoms with Crippen LogP contribution in [0.2, 0.25) is 0 Å². The lowest BCUT2D eigenvalue weighted by molar-refractivity contribution is 0.0589. The van der Waals surface area contributed by atoms with E-state index in [4.69, 9.17) is 10.5 Å². The Hall–Kier alpha value is -1.91. The molecule has 0 fully saturated rings. The van der Waals surface area contributed by atoms with Crippen molar-refractivity contribution in [1.82, 2.24) is 0 Å². The van der Waals surface area contributed by atoms with Gasteiger partial charge in [-0.3, -0.25) is 4.90 Å². The molecule has 0 aliphatic heterocycles. The van der Waals surface area contributed by atoms with Crippen molar-refractivity contribution in [2.45, 2.75) is 39.7 Å². The second-order valence-corrected chi connectivity index (χ2v) is 5.74. The van der Waals surface area contributed by atoms with Crippen molar-refractivity contribution < 1.29 is 9.53 Å². The highest BCUT2D eigenvalue weighted by molar-refractivity contribution is 5.89. The number of ether oxygens (including phenoxy) is 1. The Labute approximate surface area is 121 Å². The normalized spacial score (nSPS) is 11.1. The molecule has 20 heavy (non-hydrogen) atoms. The number of carbonyl (C=O) groups excluding carboxylic acids is 1.